The van der Waals surface area contributed by atoms with Crippen molar-refractivity contribution >= 4 is 11.4 Å². The molecule has 0 saturated heterocycles. The fourth-order valence-electron chi connectivity index (χ4n) is 2.00. The van der Waals surface area contributed by atoms with Crippen LogP contribution in [0.5, 0.6) is 0 Å². The monoisotopic (exact) mass is 255 g/mol. The number of anilines is 2. The molecule has 98 valence electrons. The van der Waals surface area contributed by atoms with Gasteiger partial charge in [-0.3, -0.25) is 4.68 Å². The second kappa shape index (κ2) is 5.44. The number of nitriles is 1. The molecule has 0 bridgehead atoms. The number of rotatable bonds is 4. The molecule has 0 unspecified atom stereocenters. The predicted octanol–water partition coefficient (Wildman–Crippen LogP) is 2.05. The molecule has 0 saturated carbocycles. The number of aromatic nitrogens is 2. The molecule has 0 fully saturated rings. The lowest BCUT2D eigenvalue weighted by Crippen LogP contribution is -2.02. The Balaban J connectivity index is 2.10. The van der Waals surface area contributed by atoms with Crippen molar-refractivity contribution in [2.45, 2.75) is 19.9 Å². The van der Waals surface area contributed by atoms with Gasteiger partial charge < -0.3 is 11.1 Å². The van der Waals surface area contributed by atoms with Gasteiger partial charge in [-0.15, -0.1) is 0 Å². The topological polar surface area (TPSA) is 79.7 Å². The number of nitrogen functional groups attached to an aromatic ring is 1. The zero-order valence-electron chi connectivity index (χ0n) is 11.1. The number of aryl methyl sites for hydroxylation is 2. The molecule has 0 amide bonds. The van der Waals surface area contributed by atoms with E-state index in [1.54, 1.807) is 12.1 Å². The largest absolute Gasteiger partial charge is 0.398 e. The van der Waals surface area contributed by atoms with Crippen molar-refractivity contribution in [1.29, 1.82) is 5.26 Å². The Bertz CT molecular complexity index is 621. The van der Waals surface area contributed by atoms with Crippen molar-refractivity contribution in [1.82, 2.24) is 9.78 Å². The Hall–Kier alpha value is -2.48. The maximum atomic E-state index is 8.83. The van der Waals surface area contributed by atoms with Crippen molar-refractivity contribution in [3.63, 3.8) is 0 Å². The zero-order valence-corrected chi connectivity index (χ0v) is 11.1. The summed E-state index contributed by atoms with van der Waals surface area (Å²) in [6.07, 6.45) is 2.92. The molecule has 1 heterocycles. The molecule has 5 heteroatoms. The number of hydrogen-bond acceptors (Lipinski definition) is 4. The van der Waals surface area contributed by atoms with Crippen LogP contribution in [-0.2, 0) is 20.0 Å². The van der Waals surface area contributed by atoms with Crippen LogP contribution in [0.2, 0.25) is 0 Å². The molecule has 0 aliphatic carbocycles. The molecule has 2 aromatic rings. The highest BCUT2D eigenvalue weighted by Gasteiger charge is 2.06. The van der Waals surface area contributed by atoms with Gasteiger partial charge in [0.2, 0.25) is 0 Å². The van der Waals surface area contributed by atoms with E-state index in [-0.39, 0.29) is 0 Å². The third-order valence-electron chi connectivity index (χ3n) is 2.98. The van der Waals surface area contributed by atoms with E-state index in [9.17, 15) is 0 Å². The molecular formula is C14H17N5. The Kier molecular flexibility index (Phi) is 3.71. The summed E-state index contributed by atoms with van der Waals surface area (Å²) in [4.78, 5) is 0. The molecule has 1 aromatic heterocycles. The molecule has 0 radical (unpaired) electrons. The minimum Gasteiger partial charge on any atom is -0.398 e. The van der Waals surface area contributed by atoms with Gasteiger partial charge in [-0.05, 0) is 24.6 Å². The van der Waals surface area contributed by atoms with Crippen LogP contribution in [0.25, 0.3) is 0 Å². The minimum absolute atomic E-state index is 0.495. The van der Waals surface area contributed by atoms with Crippen molar-refractivity contribution in [2.75, 3.05) is 11.1 Å². The molecule has 3 N–H and O–H groups in total. The van der Waals surface area contributed by atoms with Gasteiger partial charge in [-0.25, -0.2) is 0 Å². The van der Waals surface area contributed by atoms with Crippen LogP contribution >= 0.6 is 0 Å². The van der Waals surface area contributed by atoms with E-state index >= 15 is 0 Å². The fourth-order valence-corrected chi connectivity index (χ4v) is 2.00. The lowest BCUT2D eigenvalue weighted by molar-refractivity contribution is 0.746. The summed E-state index contributed by atoms with van der Waals surface area (Å²) in [6.45, 7) is 2.79. The van der Waals surface area contributed by atoms with E-state index in [0.29, 0.717) is 17.8 Å². The number of benzene rings is 1. The lowest BCUT2D eigenvalue weighted by atomic mass is 10.1. The van der Waals surface area contributed by atoms with Crippen LogP contribution in [0.1, 0.15) is 23.7 Å². The van der Waals surface area contributed by atoms with Gasteiger partial charge >= 0.3 is 0 Å². The molecule has 5 nitrogen and oxygen atoms in total. The highest BCUT2D eigenvalue weighted by atomic mass is 15.3. The first-order valence-corrected chi connectivity index (χ1v) is 6.19. The Morgan fingerprint density at radius 3 is 2.89 bits per heavy atom. The van der Waals surface area contributed by atoms with Crippen LogP contribution in [0.3, 0.4) is 0 Å². The van der Waals surface area contributed by atoms with Gasteiger partial charge in [0.1, 0.15) is 6.07 Å². The molecule has 2 rings (SSSR count). The van der Waals surface area contributed by atoms with E-state index in [1.165, 1.54) is 5.56 Å². The van der Waals surface area contributed by atoms with Gasteiger partial charge in [0.15, 0.2) is 0 Å². The summed E-state index contributed by atoms with van der Waals surface area (Å²) in [5.41, 5.74) is 9.95. The average molecular weight is 255 g/mol. The van der Waals surface area contributed by atoms with Crippen LogP contribution < -0.4 is 11.1 Å². The van der Waals surface area contributed by atoms with Crippen molar-refractivity contribution in [3.05, 3.63) is 41.2 Å². The van der Waals surface area contributed by atoms with E-state index in [1.807, 2.05) is 24.0 Å². The third-order valence-corrected chi connectivity index (χ3v) is 2.98. The Morgan fingerprint density at radius 1 is 1.47 bits per heavy atom. The molecule has 0 spiro atoms. The Morgan fingerprint density at radius 2 is 2.26 bits per heavy atom. The quantitative estimate of drug-likeness (QED) is 0.819. The average Bonchev–Trinajstić information content (AvgIpc) is 2.77. The van der Waals surface area contributed by atoms with Gasteiger partial charge in [0, 0.05) is 31.0 Å². The summed E-state index contributed by atoms with van der Waals surface area (Å²) in [5.74, 6) is 0. The van der Waals surface area contributed by atoms with Gasteiger partial charge in [-0.1, -0.05) is 6.92 Å². The van der Waals surface area contributed by atoms with Crippen LogP contribution in [0, 0.1) is 11.3 Å². The zero-order chi connectivity index (χ0) is 13.8. The summed E-state index contributed by atoms with van der Waals surface area (Å²) < 4.78 is 1.82. The summed E-state index contributed by atoms with van der Waals surface area (Å²) in [7, 11) is 1.92. The number of hydrogen-bond donors (Lipinski definition) is 2. The van der Waals surface area contributed by atoms with Crippen LogP contribution in [-0.4, -0.2) is 9.78 Å². The molecule has 0 aliphatic rings. The molecule has 0 aliphatic heterocycles. The fraction of sp³-hybridized carbons (Fsp3) is 0.286. The maximum Gasteiger partial charge on any atom is 0.101 e. The molecule has 1 aromatic carbocycles. The van der Waals surface area contributed by atoms with Crippen molar-refractivity contribution in [2.24, 2.45) is 7.05 Å². The van der Waals surface area contributed by atoms with Crippen molar-refractivity contribution < 1.29 is 0 Å². The second-order valence-corrected chi connectivity index (χ2v) is 4.40. The summed E-state index contributed by atoms with van der Waals surface area (Å²) >= 11 is 0. The smallest absolute Gasteiger partial charge is 0.101 e. The first kappa shape index (κ1) is 13.0. The van der Waals surface area contributed by atoms with Crippen molar-refractivity contribution in [3.8, 4) is 6.07 Å². The molecular weight excluding hydrogens is 238 g/mol. The maximum absolute atomic E-state index is 8.83. The first-order valence-electron chi connectivity index (χ1n) is 6.19. The summed E-state index contributed by atoms with van der Waals surface area (Å²) in [5, 5.41) is 16.5. The number of nitrogens with one attached hydrogen (secondary N) is 1. The van der Waals surface area contributed by atoms with Crippen LogP contribution in [0.15, 0.2) is 24.4 Å². The second-order valence-electron chi connectivity index (χ2n) is 4.40. The minimum atomic E-state index is 0.495. The number of nitrogens with two attached hydrogens (primary N) is 1. The van der Waals surface area contributed by atoms with E-state index in [0.717, 1.165) is 17.8 Å². The highest BCUT2D eigenvalue weighted by Crippen LogP contribution is 2.18. The van der Waals surface area contributed by atoms with E-state index in [4.69, 9.17) is 11.0 Å². The number of nitrogens with zero attached hydrogens (tertiary/aromatic N) is 3. The standard InChI is InChI=1S/C14H17N5/c1-3-14-11(9-19(2)18-14)8-17-12-5-4-10(7-15)13(16)6-12/h4-6,9,17H,3,8,16H2,1-2H3. The van der Waals surface area contributed by atoms with E-state index < -0.39 is 0 Å². The van der Waals surface area contributed by atoms with Gasteiger partial charge in [0.25, 0.3) is 0 Å². The van der Waals surface area contributed by atoms with Gasteiger partial charge in [-0.2, -0.15) is 10.4 Å². The lowest BCUT2D eigenvalue weighted by Gasteiger charge is -2.07. The molecule has 0 atom stereocenters. The summed E-state index contributed by atoms with van der Waals surface area (Å²) in [6, 6.07) is 7.41. The normalized spacial score (nSPS) is 10.2. The van der Waals surface area contributed by atoms with Crippen LogP contribution in [0.4, 0.5) is 11.4 Å². The van der Waals surface area contributed by atoms with Gasteiger partial charge in [0.05, 0.1) is 16.9 Å². The third kappa shape index (κ3) is 2.86. The van der Waals surface area contributed by atoms with E-state index in [2.05, 4.69) is 23.4 Å². The SMILES string of the molecule is CCc1nn(C)cc1CNc1ccc(C#N)c(N)c1. The Labute approximate surface area is 112 Å². The first-order chi connectivity index (χ1) is 9.13. The highest BCUT2D eigenvalue weighted by molar-refractivity contribution is 5.62. The molecule has 19 heavy (non-hydrogen) atoms. The predicted molar refractivity (Wildman–Crippen MR) is 75.5 cm³/mol.